The zero-order valence-corrected chi connectivity index (χ0v) is 9.63. The summed E-state index contributed by atoms with van der Waals surface area (Å²) in [5.74, 6) is 0.812. The molecule has 1 radical (unpaired) electrons. The van der Waals surface area contributed by atoms with Crippen LogP contribution < -0.4 is 4.74 Å². The van der Waals surface area contributed by atoms with E-state index in [1.807, 2.05) is 42.5 Å². The van der Waals surface area contributed by atoms with Crippen molar-refractivity contribution in [2.24, 2.45) is 0 Å². The molecule has 0 atom stereocenters. The highest BCUT2D eigenvalue weighted by molar-refractivity contribution is 5.37. The molecule has 0 unspecified atom stereocenters. The summed E-state index contributed by atoms with van der Waals surface area (Å²) in [7, 11) is 0. The molecule has 2 aromatic rings. The Morgan fingerprint density at radius 3 is 2.35 bits per heavy atom. The first-order chi connectivity index (χ1) is 8.40. The van der Waals surface area contributed by atoms with E-state index < -0.39 is 0 Å². The highest BCUT2D eigenvalue weighted by Crippen LogP contribution is 2.21. The minimum absolute atomic E-state index is 0.209. The fourth-order valence-corrected chi connectivity index (χ4v) is 1.76. The molecule has 0 N–H and O–H groups in total. The van der Waals surface area contributed by atoms with Gasteiger partial charge in [0.25, 0.3) is 0 Å². The summed E-state index contributed by atoms with van der Waals surface area (Å²) in [6.07, 6.45) is 0.829. The van der Waals surface area contributed by atoms with E-state index in [0.717, 1.165) is 17.7 Å². The number of hydrogen-bond donors (Lipinski definition) is 0. The number of benzene rings is 2. The van der Waals surface area contributed by atoms with Crippen LogP contribution in [0.3, 0.4) is 0 Å². The van der Waals surface area contributed by atoms with E-state index in [9.17, 15) is 5.11 Å². The third-order valence-corrected chi connectivity index (χ3v) is 2.55. The Balaban J connectivity index is 2.15. The van der Waals surface area contributed by atoms with Crippen molar-refractivity contribution in [2.45, 2.75) is 6.42 Å². The van der Waals surface area contributed by atoms with E-state index in [1.165, 1.54) is 5.56 Å². The first-order valence-corrected chi connectivity index (χ1v) is 5.73. The molecule has 17 heavy (non-hydrogen) atoms. The second-order valence-electron chi connectivity index (χ2n) is 3.82. The topological polar surface area (TPSA) is 29.1 Å². The van der Waals surface area contributed by atoms with E-state index in [-0.39, 0.29) is 13.2 Å². The van der Waals surface area contributed by atoms with Crippen molar-refractivity contribution >= 4 is 0 Å². The Labute approximate surface area is 101 Å². The van der Waals surface area contributed by atoms with Gasteiger partial charge in [0.05, 0.1) is 0 Å². The van der Waals surface area contributed by atoms with Crippen molar-refractivity contribution in [3.63, 3.8) is 0 Å². The van der Waals surface area contributed by atoms with Crippen LogP contribution >= 0.6 is 0 Å². The first kappa shape index (κ1) is 11.7. The lowest BCUT2D eigenvalue weighted by molar-refractivity contribution is 0.138. The van der Waals surface area contributed by atoms with Crippen LogP contribution in [0.4, 0.5) is 0 Å². The fourth-order valence-electron chi connectivity index (χ4n) is 1.76. The van der Waals surface area contributed by atoms with Crippen LogP contribution in [-0.2, 0) is 11.5 Å². The molecule has 0 aliphatic rings. The van der Waals surface area contributed by atoms with Crippen molar-refractivity contribution in [1.82, 2.24) is 0 Å². The van der Waals surface area contributed by atoms with Gasteiger partial charge in [0, 0.05) is 6.42 Å². The molecule has 2 nitrogen and oxygen atoms in total. The Morgan fingerprint density at radius 2 is 1.59 bits per heavy atom. The number of para-hydroxylation sites is 1. The monoisotopic (exact) mass is 227 g/mol. The van der Waals surface area contributed by atoms with Gasteiger partial charge in [-0.15, -0.1) is 0 Å². The molecule has 0 spiro atoms. The summed E-state index contributed by atoms with van der Waals surface area (Å²) >= 11 is 0. The van der Waals surface area contributed by atoms with Crippen LogP contribution in [0.15, 0.2) is 54.6 Å². The molecule has 0 fully saturated rings. The summed E-state index contributed by atoms with van der Waals surface area (Å²) < 4.78 is 5.45. The lowest BCUT2D eigenvalue weighted by atomic mass is 10.0. The molecule has 2 rings (SSSR count). The molecule has 0 saturated carbocycles. The lowest BCUT2D eigenvalue weighted by Gasteiger charge is -2.10. The molecule has 0 aliphatic carbocycles. The van der Waals surface area contributed by atoms with Gasteiger partial charge in [0.15, 0.2) is 0 Å². The fraction of sp³-hybridized carbons (Fsp3) is 0.200. The third-order valence-electron chi connectivity index (χ3n) is 2.55. The Bertz CT molecular complexity index is 451. The smallest absolute Gasteiger partial charge is 0.122 e. The minimum Gasteiger partial charge on any atom is -0.491 e. The van der Waals surface area contributed by atoms with Crippen LogP contribution in [0.2, 0.25) is 0 Å². The third kappa shape index (κ3) is 3.33. The summed E-state index contributed by atoms with van der Waals surface area (Å²) in [5, 5.41) is 10.4. The van der Waals surface area contributed by atoms with Gasteiger partial charge in [-0.05, 0) is 17.2 Å². The maximum Gasteiger partial charge on any atom is 0.122 e. The second kappa shape index (κ2) is 6.06. The number of hydrogen-bond acceptors (Lipinski definition) is 1. The normalized spacial score (nSPS) is 10.2. The second-order valence-corrected chi connectivity index (χ2v) is 3.82. The molecule has 0 aromatic heterocycles. The molecule has 0 heterocycles. The van der Waals surface area contributed by atoms with E-state index in [1.54, 1.807) is 0 Å². The summed E-state index contributed by atoms with van der Waals surface area (Å²) in [5.41, 5.74) is 2.36. The Morgan fingerprint density at radius 1 is 0.882 bits per heavy atom. The molecule has 2 aromatic carbocycles. The molecule has 0 saturated heterocycles. The predicted molar refractivity (Wildman–Crippen MR) is 66.7 cm³/mol. The summed E-state index contributed by atoms with van der Waals surface area (Å²) in [6.45, 7) is 0.0193. The van der Waals surface area contributed by atoms with Gasteiger partial charge in [-0.25, -0.2) is 5.11 Å². The number of rotatable bonds is 5. The zero-order chi connectivity index (χ0) is 11.9. The summed E-state index contributed by atoms with van der Waals surface area (Å²) in [6, 6.07) is 18.1. The van der Waals surface area contributed by atoms with Crippen LogP contribution in [0, 0.1) is 0 Å². The molecule has 0 amide bonds. The Kier molecular flexibility index (Phi) is 4.17. The maximum atomic E-state index is 10.4. The van der Waals surface area contributed by atoms with Crippen LogP contribution in [-0.4, -0.2) is 13.2 Å². The average Bonchev–Trinajstić information content (AvgIpc) is 2.39. The van der Waals surface area contributed by atoms with Gasteiger partial charge in [-0.1, -0.05) is 48.5 Å². The molecule has 0 aliphatic heterocycles. The van der Waals surface area contributed by atoms with Crippen molar-refractivity contribution in [3.8, 4) is 5.75 Å². The van der Waals surface area contributed by atoms with Gasteiger partial charge in [0.2, 0.25) is 0 Å². The largest absolute Gasteiger partial charge is 0.491 e. The van der Waals surface area contributed by atoms with Gasteiger partial charge in [0.1, 0.15) is 19.0 Å². The van der Waals surface area contributed by atoms with E-state index in [0.29, 0.717) is 0 Å². The van der Waals surface area contributed by atoms with E-state index in [2.05, 4.69) is 12.1 Å². The predicted octanol–water partition coefficient (Wildman–Crippen LogP) is 3.09. The lowest BCUT2D eigenvalue weighted by Crippen LogP contribution is -2.03. The quantitative estimate of drug-likeness (QED) is 0.771. The number of ether oxygens (including phenoxy) is 1. The van der Waals surface area contributed by atoms with Crippen molar-refractivity contribution < 1.29 is 9.84 Å². The van der Waals surface area contributed by atoms with Gasteiger partial charge in [-0.3, -0.25) is 0 Å². The van der Waals surface area contributed by atoms with E-state index in [4.69, 9.17) is 4.74 Å². The van der Waals surface area contributed by atoms with Gasteiger partial charge in [-0.2, -0.15) is 0 Å². The highest BCUT2D eigenvalue weighted by atomic mass is 16.5. The summed E-state index contributed by atoms with van der Waals surface area (Å²) in [4.78, 5) is 0. The Hall–Kier alpha value is -1.80. The highest BCUT2D eigenvalue weighted by Gasteiger charge is 2.03. The minimum atomic E-state index is -0.209. The van der Waals surface area contributed by atoms with Crippen molar-refractivity contribution in [3.05, 3.63) is 65.7 Å². The van der Waals surface area contributed by atoms with Crippen LogP contribution in [0.1, 0.15) is 11.1 Å². The standard InChI is InChI=1S/C15H15O2/c16-10-11-17-15-9-5-4-8-14(15)12-13-6-2-1-3-7-13/h1-9H,10-12H2. The first-order valence-electron chi connectivity index (χ1n) is 5.73. The zero-order valence-electron chi connectivity index (χ0n) is 9.63. The molecular weight excluding hydrogens is 212 g/mol. The molecule has 2 heteroatoms. The van der Waals surface area contributed by atoms with Crippen LogP contribution in [0.5, 0.6) is 5.75 Å². The molecule has 87 valence electrons. The SMILES string of the molecule is [O]CCOc1ccccc1Cc1ccccc1. The average molecular weight is 227 g/mol. The van der Waals surface area contributed by atoms with Crippen molar-refractivity contribution in [1.29, 1.82) is 0 Å². The molecular formula is C15H15O2. The van der Waals surface area contributed by atoms with Crippen LogP contribution in [0.25, 0.3) is 0 Å². The van der Waals surface area contributed by atoms with E-state index >= 15 is 0 Å². The maximum absolute atomic E-state index is 10.4. The van der Waals surface area contributed by atoms with Gasteiger partial charge < -0.3 is 4.74 Å². The van der Waals surface area contributed by atoms with Crippen molar-refractivity contribution in [2.75, 3.05) is 13.2 Å². The molecule has 0 bridgehead atoms. The van der Waals surface area contributed by atoms with Gasteiger partial charge >= 0.3 is 0 Å².